The van der Waals surface area contributed by atoms with E-state index in [-0.39, 0.29) is 23.3 Å². The maximum Gasteiger partial charge on any atom is 0.317 e. The number of rotatable bonds is 4. The highest BCUT2D eigenvalue weighted by atomic mass is 19.1. The van der Waals surface area contributed by atoms with Gasteiger partial charge in [0, 0.05) is 25.6 Å². The number of ether oxygens (including phenoxy) is 1. The first-order valence-electron chi connectivity index (χ1n) is 9.45. The summed E-state index contributed by atoms with van der Waals surface area (Å²) in [4.78, 5) is 14.6. The molecule has 0 bridgehead atoms. The third-order valence-corrected chi connectivity index (χ3v) is 6.45. The number of carbonyl (C=O) groups is 1. The van der Waals surface area contributed by atoms with E-state index in [1.807, 2.05) is 11.0 Å². The minimum Gasteiger partial charge on any atom is -0.384 e. The molecule has 2 aliphatic carbocycles. The summed E-state index contributed by atoms with van der Waals surface area (Å²) in [6, 6.07) is 5.10. The SMILES string of the molecule is COCC1(C2CCC2)CN(C(=O)NC2CCCc3c(F)cccc32)C1. The topological polar surface area (TPSA) is 41.6 Å². The molecule has 2 amide bonds. The smallest absolute Gasteiger partial charge is 0.317 e. The van der Waals surface area contributed by atoms with Crippen molar-refractivity contribution in [1.29, 1.82) is 0 Å². The second-order valence-electron chi connectivity index (χ2n) is 7.98. The summed E-state index contributed by atoms with van der Waals surface area (Å²) in [6.45, 7) is 2.29. The maximum atomic E-state index is 14.0. The van der Waals surface area contributed by atoms with Crippen LogP contribution in [0.15, 0.2) is 18.2 Å². The lowest BCUT2D eigenvalue weighted by molar-refractivity contribution is -0.0942. The molecule has 1 saturated heterocycles. The van der Waals surface area contributed by atoms with Crippen LogP contribution in [0.4, 0.5) is 9.18 Å². The molecule has 0 spiro atoms. The third kappa shape index (κ3) is 2.92. The number of amides is 2. The fourth-order valence-corrected chi connectivity index (χ4v) is 4.83. The van der Waals surface area contributed by atoms with Crippen molar-refractivity contribution in [1.82, 2.24) is 10.2 Å². The Labute approximate surface area is 148 Å². The number of benzene rings is 1. The molecule has 25 heavy (non-hydrogen) atoms. The molecule has 4 rings (SSSR count). The molecule has 1 unspecified atom stereocenters. The van der Waals surface area contributed by atoms with Crippen LogP contribution in [0.1, 0.15) is 49.3 Å². The molecule has 5 heteroatoms. The Morgan fingerprint density at radius 1 is 1.32 bits per heavy atom. The highest BCUT2D eigenvalue weighted by Crippen LogP contribution is 2.48. The van der Waals surface area contributed by atoms with Gasteiger partial charge in [-0.3, -0.25) is 0 Å². The fourth-order valence-electron chi connectivity index (χ4n) is 4.83. The van der Waals surface area contributed by atoms with Gasteiger partial charge in [0.05, 0.1) is 12.6 Å². The van der Waals surface area contributed by atoms with Crippen molar-refractivity contribution in [3.05, 3.63) is 35.1 Å². The average molecular weight is 346 g/mol. The van der Waals surface area contributed by atoms with Crippen molar-refractivity contribution >= 4 is 6.03 Å². The summed E-state index contributed by atoms with van der Waals surface area (Å²) in [7, 11) is 1.75. The summed E-state index contributed by atoms with van der Waals surface area (Å²) >= 11 is 0. The largest absolute Gasteiger partial charge is 0.384 e. The van der Waals surface area contributed by atoms with Gasteiger partial charge in [0.2, 0.25) is 0 Å². The molecule has 1 aromatic carbocycles. The van der Waals surface area contributed by atoms with E-state index in [1.165, 1.54) is 25.3 Å². The van der Waals surface area contributed by atoms with Crippen molar-refractivity contribution < 1.29 is 13.9 Å². The van der Waals surface area contributed by atoms with E-state index in [0.717, 1.165) is 50.1 Å². The maximum absolute atomic E-state index is 14.0. The molecular formula is C20H27FN2O2. The van der Waals surface area contributed by atoms with E-state index in [9.17, 15) is 9.18 Å². The Morgan fingerprint density at radius 2 is 2.12 bits per heavy atom. The lowest BCUT2D eigenvalue weighted by atomic mass is 9.61. The predicted octanol–water partition coefficient (Wildman–Crippen LogP) is 3.66. The molecule has 1 saturated carbocycles. The first-order chi connectivity index (χ1) is 12.1. The Kier molecular flexibility index (Phi) is 4.44. The minimum atomic E-state index is -0.149. The lowest BCUT2D eigenvalue weighted by Gasteiger charge is -2.56. The zero-order valence-electron chi connectivity index (χ0n) is 14.9. The van der Waals surface area contributed by atoms with Crippen LogP contribution in [0.5, 0.6) is 0 Å². The van der Waals surface area contributed by atoms with Gasteiger partial charge in [0.25, 0.3) is 0 Å². The van der Waals surface area contributed by atoms with Crippen LogP contribution in [-0.2, 0) is 11.2 Å². The molecule has 136 valence electrons. The number of carbonyl (C=O) groups excluding carboxylic acids is 1. The number of urea groups is 1. The number of nitrogens with one attached hydrogen (secondary N) is 1. The highest BCUT2D eigenvalue weighted by Gasteiger charge is 2.52. The number of fused-ring (bicyclic) bond motifs is 1. The van der Waals surface area contributed by atoms with Crippen LogP contribution in [0.3, 0.4) is 0 Å². The Morgan fingerprint density at radius 3 is 2.80 bits per heavy atom. The Hall–Kier alpha value is -1.62. The van der Waals surface area contributed by atoms with Crippen LogP contribution in [-0.4, -0.2) is 37.7 Å². The molecule has 0 aromatic heterocycles. The number of methoxy groups -OCH3 is 1. The van der Waals surface area contributed by atoms with Gasteiger partial charge >= 0.3 is 6.03 Å². The minimum absolute atomic E-state index is 0.0202. The number of nitrogens with zero attached hydrogens (tertiary/aromatic N) is 1. The Bertz CT molecular complexity index is 653. The first-order valence-corrected chi connectivity index (χ1v) is 9.45. The summed E-state index contributed by atoms with van der Waals surface area (Å²) in [5.74, 6) is 0.547. The first kappa shape index (κ1) is 16.8. The van der Waals surface area contributed by atoms with E-state index >= 15 is 0 Å². The van der Waals surface area contributed by atoms with E-state index < -0.39 is 0 Å². The van der Waals surface area contributed by atoms with Crippen LogP contribution in [0.25, 0.3) is 0 Å². The third-order valence-electron chi connectivity index (χ3n) is 6.45. The van der Waals surface area contributed by atoms with Crippen LogP contribution >= 0.6 is 0 Å². The van der Waals surface area contributed by atoms with Gasteiger partial charge in [0.1, 0.15) is 5.82 Å². The predicted molar refractivity (Wildman–Crippen MR) is 93.8 cm³/mol. The zero-order valence-corrected chi connectivity index (χ0v) is 14.9. The summed E-state index contributed by atoms with van der Waals surface area (Å²) in [6.07, 6.45) is 6.36. The summed E-state index contributed by atoms with van der Waals surface area (Å²) < 4.78 is 19.4. The number of hydrogen-bond acceptors (Lipinski definition) is 2. The second-order valence-corrected chi connectivity index (χ2v) is 7.98. The van der Waals surface area contributed by atoms with Gasteiger partial charge in [0.15, 0.2) is 0 Å². The normalized spacial score (nSPS) is 24.9. The molecule has 3 aliphatic rings. The molecule has 1 N–H and O–H groups in total. The van der Waals surface area contributed by atoms with Crippen molar-refractivity contribution in [3.63, 3.8) is 0 Å². The fraction of sp³-hybridized carbons (Fsp3) is 0.650. The lowest BCUT2D eigenvalue weighted by Crippen LogP contribution is -2.66. The molecule has 1 atom stereocenters. The number of likely N-dealkylation sites (tertiary alicyclic amines) is 1. The van der Waals surface area contributed by atoms with Crippen molar-refractivity contribution in [3.8, 4) is 0 Å². The zero-order chi connectivity index (χ0) is 17.4. The molecule has 1 aromatic rings. The quantitative estimate of drug-likeness (QED) is 0.904. The Balaban J connectivity index is 1.40. The molecular weight excluding hydrogens is 319 g/mol. The van der Waals surface area contributed by atoms with Crippen molar-refractivity contribution in [2.75, 3.05) is 26.8 Å². The van der Waals surface area contributed by atoms with Crippen LogP contribution < -0.4 is 5.32 Å². The molecule has 4 nitrogen and oxygen atoms in total. The van der Waals surface area contributed by atoms with Gasteiger partial charge in [-0.15, -0.1) is 0 Å². The average Bonchev–Trinajstić information content (AvgIpc) is 2.51. The van der Waals surface area contributed by atoms with E-state index in [2.05, 4.69) is 5.32 Å². The van der Waals surface area contributed by atoms with Gasteiger partial charge in [-0.25, -0.2) is 9.18 Å². The van der Waals surface area contributed by atoms with Gasteiger partial charge in [-0.05, 0) is 55.2 Å². The molecule has 1 heterocycles. The summed E-state index contributed by atoms with van der Waals surface area (Å²) in [5.41, 5.74) is 1.87. The molecule has 2 fully saturated rings. The monoisotopic (exact) mass is 346 g/mol. The van der Waals surface area contributed by atoms with Crippen LogP contribution in [0, 0.1) is 17.2 Å². The standard InChI is InChI=1S/C20H27FN2O2/c1-25-13-20(14-5-2-6-14)11-23(12-20)19(24)22-18-10-4-7-15-16(18)8-3-9-17(15)21/h3,8-9,14,18H,2,4-7,10-13H2,1H3,(H,22,24). The van der Waals surface area contributed by atoms with E-state index in [1.54, 1.807) is 13.2 Å². The second kappa shape index (κ2) is 6.60. The van der Waals surface area contributed by atoms with Crippen molar-refractivity contribution in [2.24, 2.45) is 11.3 Å². The van der Waals surface area contributed by atoms with E-state index in [0.29, 0.717) is 5.92 Å². The van der Waals surface area contributed by atoms with Gasteiger partial charge in [-0.1, -0.05) is 18.6 Å². The molecule has 1 aliphatic heterocycles. The number of hydrogen-bond donors (Lipinski definition) is 1. The van der Waals surface area contributed by atoms with Gasteiger partial charge in [-0.2, -0.15) is 0 Å². The summed E-state index contributed by atoms with van der Waals surface area (Å²) in [5, 5.41) is 3.14. The van der Waals surface area contributed by atoms with Crippen LogP contribution in [0.2, 0.25) is 0 Å². The van der Waals surface area contributed by atoms with Crippen molar-refractivity contribution in [2.45, 2.75) is 44.6 Å². The van der Waals surface area contributed by atoms with Gasteiger partial charge < -0.3 is 15.0 Å². The number of halogens is 1. The van der Waals surface area contributed by atoms with E-state index in [4.69, 9.17) is 4.74 Å². The molecule has 0 radical (unpaired) electrons. The highest BCUT2D eigenvalue weighted by molar-refractivity contribution is 5.76.